The van der Waals surface area contributed by atoms with Gasteiger partial charge in [0.25, 0.3) is 0 Å². The summed E-state index contributed by atoms with van der Waals surface area (Å²) in [6.07, 6.45) is 5.36. The maximum Gasteiger partial charge on any atom is 0.246 e. The summed E-state index contributed by atoms with van der Waals surface area (Å²) in [5.74, 6) is 0.337. The first-order chi connectivity index (χ1) is 12.3. The summed E-state index contributed by atoms with van der Waals surface area (Å²) in [7, 11) is 3.51. The fraction of sp³-hybridized carbons (Fsp3) is 0.304. The van der Waals surface area contributed by atoms with Crippen molar-refractivity contribution in [3.63, 3.8) is 0 Å². The number of rotatable bonds is 5. The minimum Gasteiger partial charge on any atom is -0.345 e. The fourth-order valence-corrected chi connectivity index (χ4v) is 2.95. The third kappa shape index (κ3) is 4.48. The van der Waals surface area contributed by atoms with Gasteiger partial charge in [0.15, 0.2) is 0 Å². The van der Waals surface area contributed by atoms with Crippen LogP contribution in [0.1, 0.15) is 56.0 Å². The summed E-state index contributed by atoms with van der Waals surface area (Å²) in [5.41, 5.74) is 6.73. The maximum absolute atomic E-state index is 12.0. The number of amides is 1. The van der Waals surface area contributed by atoms with Crippen LogP contribution in [0.4, 0.5) is 0 Å². The van der Waals surface area contributed by atoms with Crippen molar-refractivity contribution in [2.45, 2.75) is 33.6 Å². The first-order valence-electron chi connectivity index (χ1n) is 8.94. The molecule has 0 aliphatic rings. The topological polar surface area (TPSA) is 33.2 Å². The van der Waals surface area contributed by atoms with Gasteiger partial charge in [0.05, 0.1) is 5.69 Å². The summed E-state index contributed by atoms with van der Waals surface area (Å²) in [4.78, 5) is 18.2. The molecule has 0 aliphatic carbocycles. The van der Waals surface area contributed by atoms with E-state index in [0.29, 0.717) is 5.92 Å². The van der Waals surface area contributed by atoms with Gasteiger partial charge < -0.3 is 4.90 Å². The van der Waals surface area contributed by atoms with E-state index in [-0.39, 0.29) is 5.91 Å². The van der Waals surface area contributed by atoms with E-state index in [9.17, 15) is 4.79 Å². The van der Waals surface area contributed by atoms with E-state index in [2.05, 4.69) is 50.9 Å². The van der Waals surface area contributed by atoms with E-state index in [1.54, 1.807) is 25.1 Å². The van der Waals surface area contributed by atoms with Crippen molar-refractivity contribution in [1.82, 2.24) is 9.88 Å². The molecule has 0 N–H and O–H groups in total. The summed E-state index contributed by atoms with van der Waals surface area (Å²) >= 11 is 0. The van der Waals surface area contributed by atoms with Crippen molar-refractivity contribution in [3.05, 3.63) is 76.6 Å². The Bertz CT molecular complexity index is 827. The van der Waals surface area contributed by atoms with Gasteiger partial charge in [-0.05, 0) is 54.7 Å². The molecule has 26 heavy (non-hydrogen) atoms. The van der Waals surface area contributed by atoms with Gasteiger partial charge in [0.2, 0.25) is 5.91 Å². The number of pyridine rings is 1. The molecule has 0 saturated carbocycles. The van der Waals surface area contributed by atoms with Gasteiger partial charge in [-0.25, -0.2) is 0 Å². The summed E-state index contributed by atoms with van der Waals surface area (Å²) in [6.45, 7) is 8.61. The van der Waals surface area contributed by atoms with Crippen LogP contribution in [0.2, 0.25) is 0 Å². The highest BCUT2D eigenvalue weighted by Crippen LogP contribution is 2.35. The monoisotopic (exact) mass is 348 g/mol. The van der Waals surface area contributed by atoms with E-state index in [1.807, 2.05) is 30.5 Å². The van der Waals surface area contributed by atoms with Gasteiger partial charge in [-0.3, -0.25) is 9.78 Å². The Morgan fingerprint density at radius 3 is 2.35 bits per heavy atom. The molecular formula is C23H28N2O. The van der Waals surface area contributed by atoms with Gasteiger partial charge >= 0.3 is 0 Å². The molecule has 3 heteroatoms. The second-order valence-corrected chi connectivity index (χ2v) is 7.12. The van der Waals surface area contributed by atoms with Crippen molar-refractivity contribution >= 4 is 17.6 Å². The smallest absolute Gasteiger partial charge is 0.246 e. The fourth-order valence-electron chi connectivity index (χ4n) is 2.95. The zero-order valence-electron chi connectivity index (χ0n) is 16.6. The molecule has 0 spiro atoms. The molecule has 1 heterocycles. The molecule has 136 valence electrons. The number of carbonyl (C=O) groups excluding carboxylic acids is 1. The second kappa shape index (κ2) is 8.61. The van der Waals surface area contributed by atoms with E-state index in [0.717, 1.165) is 22.4 Å². The standard InChI is InChI=1S/C23H28N2O/c1-16(2)19-11-9-10-18(13-14-21(26)25(5)6)23(19)22(17(3)4)20-12-7-8-15-24-20/h7-16H,1-6H3/b14-13+. The van der Waals surface area contributed by atoms with Crippen LogP contribution in [0.15, 0.2) is 54.2 Å². The molecule has 0 bridgehead atoms. The van der Waals surface area contributed by atoms with Gasteiger partial charge in [-0.2, -0.15) is 0 Å². The van der Waals surface area contributed by atoms with Crippen LogP contribution in [0.3, 0.4) is 0 Å². The van der Waals surface area contributed by atoms with Crippen LogP contribution in [-0.2, 0) is 4.79 Å². The number of hydrogen-bond donors (Lipinski definition) is 0. The highest BCUT2D eigenvalue weighted by Gasteiger charge is 2.17. The average molecular weight is 348 g/mol. The minimum atomic E-state index is -0.0255. The van der Waals surface area contributed by atoms with Crippen LogP contribution < -0.4 is 0 Å². The van der Waals surface area contributed by atoms with Crippen molar-refractivity contribution in [1.29, 1.82) is 0 Å². The molecule has 2 rings (SSSR count). The number of nitrogens with zero attached hydrogens (tertiary/aromatic N) is 2. The SMILES string of the molecule is CC(C)=C(c1ccccn1)c1c(/C=C/C(=O)N(C)C)cccc1C(C)C. The van der Waals surface area contributed by atoms with E-state index in [4.69, 9.17) is 0 Å². The van der Waals surface area contributed by atoms with Crippen LogP contribution in [0.5, 0.6) is 0 Å². The number of aromatic nitrogens is 1. The van der Waals surface area contributed by atoms with Crippen molar-refractivity contribution in [2.75, 3.05) is 14.1 Å². The summed E-state index contributed by atoms with van der Waals surface area (Å²) in [6, 6.07) is 12.3. The number of carbonyl (C=O) groups is 1. The molecule has 0 atom stereocenters. The predicted octanol–water partition coefficient (Wildman–Crippen LogP) is 5.15. The van der Waals surface area contributed by atoms with Crippen LogP contribution in [0.25, 0.3) is 11.6 Å². The Hall–Kier alpha value is -2.68. The zero-order valence-corrected chi connectivity index (χ0v) is 16.6. The molecular weight excluding hydrogens is 320 g/mol. The van der Waals surface area contributed by atoms with Crippen LogP contribution in [-0.4, -0.2) is 29.9 Å². The summed E-state index contributed by atoms with van der Waals surface area (Å²) in [5, 5.41) is 0. The van der Waals surface area contributed by atoms with E-state index < -0.39 is 0 Å². The lowest BCUT2D eigenvalue weighted by Gasteiger charge is -2.20. The van der Waals surface area contributed by atoms with E-state index >= 15 is 0 Å². The Morgan fingerprint density at radius 2 is 1.81 bits per heavy atom. The maximum atomic E-state index is 12.0. The van der Waals surface area contributed by atoms with Crippen molar-refractivity contribution in [3.8, 4) is 0 Å². The largest absolute Gasteiger partial charge is 0.345 e. The lowest BCUT2D eigenvalue weighted by molar-refractivity contribution is -0.123. The molecule has 0 aliphatic heterocycles. The van der Waals surface area contributed by atoms with Gasteiger partial charge in [-0.15, -0.1) is 0 Å². The van der Waals surface area contributed by atoms with Crippen molar-refractivity contribution < 1.29 is 4.79 Å². The van der Waals surface area contributed by atoms with Crippen LogP contribution in [0, 0.1) is 0 Å². The van der Waals surface area contributed by atoms with Crippen LogP contribution >= 0.6 is 0 Å². The number of likely N-dealkylation sites (N-methyl/N-ethyl adjacent to an activating group) is 1. The molecule has 1 aromatic carbocycles. The predicted molar refractivity (Wildman–Crippen MR) is 110 cm³/mol. The Balaban J connectivity index is 2.72. The third-order valence-corrected chi connectivity index (χ3v) is 4.27. The molecule has 0 radical (unpaired) electrons. The lowest BCUT2D eigenvalue weighted by Crippen LogP contribution is -2.18. The molecule has 0 unspecified atom stereocenters. The zero-order chi connectivity index (χ0) is 19.3. The third-order valence-electron chi connectivity index (χ3n) is 4.27. The quantitative estimate of drug-likeness (QED) is 0.700. The lowest BCUT2D eigenvalue weighted by atomic mass is 9.85. The van der Waals surface area contributed by atoms with Gasteiger partial charge in [0, 0.05) is 31.9 Å². The number of benzene rings is 1. The Morgan fingerprint density at radius 1 is 1.08 bits per heavy atom. The molecule has 2 aromatic rings. The molecule has 1 aromatic heterocycles. The van der Waals surface area contributed by atoms with Crippen molar-refractivity contribution in [2.24, 2.45) is 0 Å². The molecule has 0 saturated heterocycles. The first kappa shape index (κ1) is 19.6. The van der Waals surface area contributed by atoms with Gasteiger partial charge in [0.1, 0.15) is 0 Å². The number of allylic oxidation sites excluding steroid dienone is 1. The summed E-state index contributed by atoms with van der Waals surface area (Å²) < 4.78 is 0. The Labute approximate surface area is 157 Å². The molecule has 0 fully saturated rings. The minimum absolute atomic E-state index is 0.0255. The Kier molecular flexibility index (Phi) is 6.51. The molecule has 3 nitrogen and oxygen atoms in total. The first-order valence-corrected chi connectivity index (χ1v) is 8.94. The average Bonchev–Trinajstić information content (AvgIpc) is 2.60. The normalized spacial score (nSPS) is 11.0. The highest BCUT2D eigenvalue weighted by atomic mass is 16.2. The van der Waals surface area contributed by atoms with E-state index in [1.165, 1.54) is 11.1 Å². The molecule has 1 amide bonds. The second-order valence-electron chi connectivity index (χ2n) is 7.12. The number of hydrogen-bond acceptors (Lipinski definition) is 2. The van der Waals surface area contributed by atoms with Gasteiger partial charge in [-0.1, -0.05) is 43.7 Å². The highest BCUT2D eigenvalue weighted by molar-refractivity contribution is 5.94.